The Morgan fingerprint density at radius 3 is 2.22 bits per heavy atom. The fraction of sp³-hybridized carbons (Fsp3) is 0.722. The summed E-state index contributed by atoms with van der Waals surface area (Å²) in [6.45, 7) is 9.18. The number of nitrogens with two attached hydrogens (primary N) is 1. The molecule has 46 heavy (non-hydrogen) atoms. The van der Waals surface area contributed by atoms with Crippen molar-refractivity contribution in [1.82, 2.24) is 20.4 Å². The molecule has 5 atom stereocenters. The van der Waals surface area contributed by atoms with Gasteiger partial charge in [-0.15, -0.1) is 0 Å². The van der Waals surface area contributed by atoms with Gasteiger partial charge >= 0.3 is 0 Å². The van der Waals surface area contributed by atoms with Crippen LogP contribution in [0.1, 0.15) is 97.5 Å². The van der Waals surface area contributed by atoms with Crippen LogP contribution in [0.15, 0.2) is 24.3 Å². The molecule has 3 heterocycles. The second-order valence-corrected chi connectivity index (χ2v) is 15.5. The largest absolute Gasteiger partial charge is 0.351 e. The molecule has 10 heteroatoms. The van der Waals surface area contributed by atoms with Gasteiger partial charge in [0.25, 0.3) is 0 Å². The van der Waals surface area contributed by atoms with Gasteiger partial charge in [-0.3, -0.25) is 19.2 Å². The fourth-order valence-electron chi connectivity index (χ4n) is 8.61. The summed E-state index contributed by atoms with van der Waals surface area (Å²) in [5, 5.41) is 6.35. The Hall–Kier alpha value is -3.01. The summed E-state index contributed by atoms with van der Waals surface area (Å²) in [4.78, 5) is 58.5. The Labute approximate surface area is 273 Å². The van der Waals surface area contributed by atoms with E-state index < -0.39 is 23.4 Å². The van der Waals surface area contributed by atoms with E-state index in [0.29, 0.717) is 44.8 Å². The molecule has 1 aromatic rings. The van der Waals surface area contributed by atoms with Crippen molar-refractivity contribution in [3.63, 3.8) is 0 Å². The van der Waals surface area contributed by atoms with E-state index in [0.717, 1.165) is 44.1 Å². The van der Waals surface area contributed by atoms with E-state index in [1.54, 1.807) is 28.9 Å². The molecule has 9 nitrogen and oxygen atoms in total. The number of benzene rings is 1. The number of carbonyl (C=O) groups excluding carboxylic acids is 4. The maximum atomic E-state index is 14.3. The van der Waals surface area contributed by atoms with E-state index in [2.05, 4.69) is 10.6 Å². The minimum Gasteiger partial charge on any atom is -0.351 e. The molecule has 0 radical (unpaired) electrons. The van der Waals surface area contributed by atoms with Crippen molar-refractivity contribution in [3.05, 3.63) is 35.6 Å². The van der Waals surface area contributed by atoms with Gasteiger partial charge in [-0.05, 0) is 102 Å². The lowest BCUT2D eigenvalue weighted by atomic mass is 9.63. The Balaban J connectivity index is 1.33. The van der Waals surface area contributed by atoms with Crippen LogP contribution in [0.5, 0.6) is 0 Å². The summed E-state index contributed by atoms with van der Waals surface area (Å²) in [5.41, 5.74) is 5.82. The Kier molecular flexibility index (Phi) is 10.4. The number of nitrogens with one attached hydrogen (secondary N) is 2. The molecule has 3 saturated heterocycles. The first kappa shape index (κ1) is 34.3. The van der Waals surface area contributed by atoms with Crippen LogP contribution in [-0.2, 0) is 25.6 Å². The lowest BCUT2D eigenvalue weighted by Crippen LogP contribution is -2.62. The number of piperidine rings is 3. The van der Waals surface area contributed by atoms with Crippen LogP contribution < -0.4 is 16.4 Å². The van der Waals surface area contributed by atoms with Crippen LogP contribution in [0.4, 0.5) is 4.39 Å². The highest BCUT2D eigenvalue weighted by atomic mass is 19.1. The third-order valence-electron chi connectivity index (χ3n) is 11.0. The second-order valence-electron chi connectivity index (χ2n) is 15.5. The highest BCUT2D eigenvalue weighted by molar-refractivity contribution is 5.90. The first-order valence-electron chi connectivity index (χ1n) is 17.5. The van der Waals surface area contributed by atoms with Crippen LogP contribution in [0, 0.1) is 29.0 Å². The third-order valence-corrected chi connectivity index (χ3v) is 11.0. The fourth-order valence-corrected chi connectivity index (χ4v) is 8.61. The van der Waals surface area contributed by atoms with Crippen LogP contribution in [0.2, 0.25) is 0 Å². The molecule has 0 spiro atoms. The first-order valence-corrected chi connectivity index (χ1v) is 17.5. The molecule has 5 aliphatic rings. The van der Waals surface area contributed by atoms with Crippen molar-refractivity contribution >= 4 is 23.6 Å². The molecule has 5 fully saturated rings. The van der Waals surface area contributed by atoms with E-state index in [-0.39, 0.29) is 53.4 Å². The molecule has 2 aliphatic carbocycles. The smallest absolute Gasteiger partial charge is 0.245 e. The van der Waals surface area contributed by atoms with Gasteiger partial charge in [0.05, 0.1) is 17.4 Å². The lowest BCUT2D eigenvalue weighted by molar-refractivity contribution is -0.150. The van der Waals surface area contributed by atoms with Crippen LogP contribution >= 0.6 is 0 Å². The van der Waals surface area contributed by atoms with Crippen molar-refractivity contribution in [2.45, 2.75) is 122 Å². The van der Waals surface area contributed by atoms with E-state index in [1.807, 2.05) is 20.8 Å². The minimum atomic E-state index is -0.846. The van der Waals surface area contributed by atoms with Crippen molar-refractivity contribution in [3.8, 4) is 0 Å². The molecule has 0 aromatic heterocycles. The lowest BCUT2D eigenvalue weighted by Gasteiger charge is -2.50. The number of nitrogens with zero attached hydrogens (tertiary/aromatic N) is 2. The SMILES string of the molecule is C[C@@H](N)C(=O)N1CC2CCC1C(C(=O)N[C@H](Cc1ccc(F)cc1)C(=O)N1CCC(C(=O)NC(C)(C)C)(C3CCCCC3)CC1)C2. The molecule has 2 saturated carbocycles. The molecule has 2 bridgehead atoms. The average molecular weight is 640 g/mol. The Morgan fingerprint density at radius 2 is 1.63 bits per heavy atom. The maximum absolute atomic E-state index is 14.3. The van der Waals surface area contributed by atoms with Crippen LogP contribution in [0.3, 0.4) is 0 Å². The van der Waals surface area contributed by atoms with Gasteiger partial charge in [-0.1, -0.05) is 31.4 Å². The number of halogens is 1. The normalized spacial score (nSPS) is 26.3. The molecular weight excluding hydrogens is 585 g/mol. The molecule has 4 amide bonds. The molecule has 254 valence electrons. The van der Waals surface area contributed by atoms with Crippen molar-refractivity contribution in [2.75, 3.05) is 19.6 Å². The van der Waals surface area contributed by atoms with Gasteiger partial charge in [0, 0.05) is 37.6 Å². The van der Waals surface area contributed by atoms with Gasteiger partial charge < -0.3 is 26.2 Å². The predicted octanol–water partition coefficient (Wildman–Crippen LogP) is 3.93. The average Bonchev–Trinajstić information content (AvgIpc) is 3.04. The summed E-state index contributed by atoms with van der Waals surface area (Å²) in [5.74, 6) is -0.726. The number of rotatable bonds is 8. The molecule has 3 aliphatic heterocycles. The molecule has 4 N–H and O–H groups in total. The third kappa shape index (κ3) is 7.58. The van der Waals surface area contributed by atoms with Crippen LogP contribution in [0.25, 0.3) is 0 Å². The highest BCUT2D eigenvalue weighted by Gasteiger charge is 2.50. The predicted molar refractivity (Wildman–Crippen MR) is 175 cm³/mol. The van der Waals surface area contributed by atoms with Gasteiger partial charge in [-0.2, -0.15) is 0 Å². The minimum absolute atomic E-state index is 0.0911. The van der Waals surface area contributed by atoms with Crippen molar-refractivity contribution < 1.29 is 23.6 Å². The van der Waals surface area contributed by atoms with Crippen molar-refractivity contribution in [2.24, 2.45) is 28.9 Å². The number of hydrogen-bond donors (Lipinski definition) is 3. The highest BCUT2D eigenvalue weighted by Crippen LogP contribution is 2.46. The summed E-state index contributed by atoms with van der Waals surface area (Å²) < 4.78 is 13.7. The Bertz CT molecular complexity index is 1260. The van der Waals surface area contributed by atoms with E-state index >= 15 is 0 Å². The standard InChI is InChI=1S/C36H54FN5O4/c1-23(38)32(44)42-22-25-12-15-30(42)28(20-25)31(43)39-29(21-24-10-13-27(37)14-11-24)33(45)41-18-16-36(17-19-41,26-8-6-5-7-9-26)34(46)40-35(2,3)4/h10-11,13-14,23,25-26,28-30H,5-9,12,15-22,38H2,1-4H3,(H,39,43)(H,40,46)/t23-,25?,28?,29-,30?/m1/s1. The van der Waals surface area contributed by atoms with Gasteiger partial charge in [0.2, 0.25) is 23.6 Å². The molecular formula is C36H54FN5O4. The second kappa shape index (κ2) is 14.0. The van der Waals surface area contributed by atoms with E-state index in [9.17, 15) is 23.6 Å². The number of hydrogen-bond acceptors (Lipinski definition) is 5. The van der Waals surface area contributed by atoms with Crippen LogP contribution in [-0.4, -0.2) is 76.7 Å². The monoisotopic (exact) mass is 639 g/mol. The topological polar surface area (TPSA) is 125 Å². The molecule has 3 unspecified atom stereocenters. The van der Waals surface area contributed by atoms with E-state index in [4.69, 9.17) is 5.73 Å². The maximum Gasteiger partial charge on any atom is 0.245 e. The number of likely N-dealkylation sites (tertiary alicyclic amines) is 1. The van der Waals surface area contributed by atoms with Gasteiger partial charge in [-0.25, -0.2) is 4.39 Å². The summed E-state index contributed by atoms with van der Waals surface area (Å²) >= 11 is 0. The molecule has 1 aromatic carbocycles. The summed E-state index contributed by atoms with van der Waals surface area (Å²) in [6, 6.07) is 4.30. The zero-order valence-electron chi connectivity index (χ0n) is 28.2. The number of carbonyl (C=O) groups is 4. The van der Waals surface area contributed by atoms with Crippen molar-refractivity contribution in [1.29, 1.82) is 0 Å². The molecule has 6 rings (SSSR count). The summed E-state index contributed by atoms with van der Waals surface area (Å²) in [7, 11) is 0. The first-order chi connectivity index (χ1) is 21.8. The number of fused-ring (bicyclic) bond motifs is 3. The van der Waals surface area contributed by atoms with Gasteiger partial charge in [0.15, 0.2) is 0 Å². The van der Waals surface area contributed by atoms with Gasteiger partial charge in [0.1, 0.15) is 11.9 Å². The van der Waals surface area contributed by atoms with E-state index in [1.165, 1.54) is 18.6 Å². The Morgan fingerprint density at radius 1 is 0.978 bits per heavy atom. The zero-order chi connectivity index (χ0) is 33.2. The zero-order valence-corrected chi connectivity index (χ0v) is 28.2. The summed E-state index contributed by atoms with van der Waals surface area (Å²) in [6.07, 6.45) is 9.28. The number of amides is 4. The quantitative estimate of drug-likeness (QED) is 0.398.